The predicted molar refractivity (Wildman–Crippen MR) is 96.5 cm³/mol. The summed E-state index contributed by atoms with van der Waals surface area (Å²) in [5.74, 6) is -0.636. The summed E-state index contributed by atoms with van der Waals surface area (Å²) in [6.07, 6.45) is 0. The van der Waals surface area contributed by atoms with Crippen molar-refractivity contribution >= 4 is 32.8 Å². The Morgan fingerprint density at radius 1 is 0.760 bits per heavy atom. The Labute approximate surface area is 141 Å². The average Bonchev–Trinajstić information content (AvgIpc) is 2.98. The first-order valence-corrected chi connectivity index (χ1v) is 7.96. The van der Waals surface area contributed by atoms with E-state index in [0.717, 1.165) is 27.4 Å². The fraction of sp³-hybridized carbons (Fsp3) is 0. The van der Waals surface area contributed by atoms with E-state index in [-0.39, 0.29) is 11.6 Å². The molecule has 2 heterocycles. The number of nitrogens with zero attached hydrogens (tertiary/aromatic N) is 1. The average molecular weight is 330 g/mol. The van der Waals surface area contributed by atoms with Crippen LogP contribution in [0.4, 0.5) is 8.78 Å². The first kappa shape index (κ1) is 14.1. The zero-order chi connectivity index (χ0) is 17.0. The Balaban J connectivity index is 2.08. The normalized spacial score (nSPS) is 11.6. The van der Waals surface area contributed by atoms with Crippen LogP contribution in [0.1, 0.15) is 0 Å². The van der Waals surface area contributed by atoms with Gasteiger partial charge in [0.05, 0.1) is 5.52 Å². The maximum atomic E-state index is 13.9. The fourth-order valence-electron chi connectivity index (χ4n) is 3.45. The zero-order valence-electron chi connectivity index (χ0n) is 13.1. The molecule has 0 fully saturated rings. The number of hydrogen-bond acceptors (Lipinski definition) is 1. The third kappa shape index (κ3) is 2.11. The third-order valence-electron chi connectivity index (χ3n) is 4.51. The van der Waals surface area contributed by atoms with Gasteiger partial charge in [-0.15, -0.1) is 0 Å². The van der Waals surface area contributed by atoms with Crippen molar-refractivity contribution in [1.29, 1.82) is 0 Å². The number of H-pyrrole nitrogens is 1. The second-order valence-electron chi connectivity index (χ2n) is 6.05. The van der Waals surface area contributed by atoms with Gasteiger partial charge in [0, 0.05) is 27.2 Å². The van der Waals surface area contributed by atoms with Crippen molar-refractivity contribution in [3.05, 3.63) is 78.4 Å². The lowest BCUT2D eigenvalue weighted by atomic mass is 9.96. The number of halogens is 2. The molecule has 0 radical (unpaired) electrons. The molecule has 2 aromatic heterocycles. The summed E-state index contributed by atoms with van der Waals surface area (Å²) in [5, 5.41) is 2.26. The van der Waals surface area contributed by atoms with E-state index in [1.807, 2.05) is 30.3 Å². The standard InChI is InChI=1S/C21H12F2N2/c22-13-6-8-17-15(10-13)19(12-4-2-1-3-5-12)20-16-11-14(23)7-9-18(16)25-21(20)24-17/h1-11H,(H,24,25). The molecule has 0 aliphatic carbocycles. The topological polar surface area (TPSA) is 28.7 Å². The van der Waals surface area contributed by atoms with Gasteiger partial charge in [-0.1, -0.05) is 30.3 Å². The minimum atomic E-state index is -0.322. The number of nitrogens with one attached hydrogen (secondary N) is 1. The molecule has 25 heavy (non-hydrogen) atoms. The summed E-state index contributed by atoms with van der Waals surface area (Å²) in [4.78, 5) is 7.88. The molecule has 1 N–H and O–H groups in total. The van der Waals surface area contributed by atoms with Gasteiger partial charge in [0.15, 0.2) is 0 Å². The molecule has 0 amide bonds. The van der Waals surface area contributed by atoms with Gasteiger partial charge in [-0.25, -0.2) is 13.8 Å². The minimum absolute atomic E-state index is 0.313. The Kier molecular flexibility index (Phi) is 2.88. The first-order chi connectivity index (χ1) is 12.2. The Morgan fingerprint density at radius 3 is 2.28 bits per heavy atom. The molecule has 0 aliphatic heterocycles. The number of pyridine rings is 1. The van der Waals surface area contributed by atoms with Crippen molar-refractivity contribution in [2.24, 2.45) is 0 Å². The maximum absolute atomic E-state index is 13.9. The highest BCUT2D eigenvalue weighted by Crippen LogP contribution is 2.39. The van der Waals surface area contributed by atoms with Crippen molar-refractivity contribution in [2.45, 2.75) is 0 Å². The van der Waals surface area contributed by atoms with Crippen LogP contribution in [0.25, 0.3) is 44.0 Å². The van der Waals surface area contributed by atoms with E-state index in [4.69, 9.17) is 0 Å². The number of fused-ring (bicyclic) bond motifs is 4. The second kappa shape index (κ2) is 5.11. The highest BCUT2D eigenvalue weighted by Gasteiger charge is 2.16. The molecule has 0 atom stereocenters. The SMILES string of the molecule is Fc1ccc2nc3[nH]c4ccc(F)cc4c3c(-c3ccccc3)c2c1. The van der Waals surface area contributed by atoms with Crippen LogP contribution >= 0.6 is 0 Å². The summed E-state index contributed by atoms with van der Waals surface area (Å²) in [5.41, 5.74) is 3.96. The molecule has 0 saturated heterocycles. The fourth-order valence-corrected chi connectivity index (χ4v) is 3.45. The Hall–Kier alpha value is -3.27. The van der Waals surface area contributed by atoms with Crippen LogP contribution in [0.5, 0.6) is 0 Å². The number of hydrogen-bond donors (Lipinski definition) is 1. The molecule has 0 bridgehead atoms. The molecular formula is C21H12F2N2. The third-order valence-corrected chi connectivity index (χ3v) is 4.51. The smallest absolute Gasteiger partial charge is 0.139 e. The van der Waals surface area contributed by atoms with E-state index in [0.29, 0.717) is 16.6 Å². The molecule has 0 aliphatic rings. The Bertz CT molecular complexity index is 1260. The van der Waals surface area contributed by atoms with Crippen LogP contribution in [-0.2, 0) is 0 Å². The lowest BCUT2D eigenvalue weighted by Gasteiger charge is -2.09. The van der Waals surface area contributed by atoms with Gasteiger partial charge in [-0.3, -0.25) is 0 Å². The quantitative estimate of drug-likeness (QED) is 0.412. The highest BCUT2D eigenvalue weighted by atomic mass is 19.1. The number of aromatic nitrogens is 2. The van der Waals surface area contributed by atoms with E-state index in [2.05, 4.69) is 9.97 Å². The molecule has 120 valence electrons. The predicted octanol–water partition coefficient (Wildman–Crippen LogP) is 5.81. The van der Waals surface area contributed by atoms with Crippen LogP contribution in [-0.4, -0.2) is 9.97 Å². The van der Waals surface area contributed by atoms with E-state index in [1.54, 1.807) is 12.1 Å². The second-order valence-corrected chi connectivity index (χ2v) is 6.05. The van der Waals surface area contributed by atoms with Gasteiger partial charge in [0.1, 0.15) is 17.3 Å². The van der Waals surface area contributed by atoms with E-state index in [9.17, 15) is 8.78 Å². The van der Waals surface area contributed by atoms with E-state index < -0.39 is 0 Å². The molecule has 0 spiro atoms. The lowest BCUT2D eigenvalue weighted by molar-refractivity contribution is 0.629. The van der Waals surface area contributed by atoms with E-state index in [1.165, 1.54) is 24.3 Å². The first-order valence-electron chi connectivity index (χ1n) is 7.96. The number of aromatic amines is 1. The largest absolute Gasteiger partial charge is 0.339 e. The van der Waals surface area contributed by atoms with Crippen molar-refractivity contribution in [2.75, 3.05) is 0 Å². The van der Waals surface area contributed by atoms with E-state index >= 15 is 0 Å². The molecular weight excluding hydrogens is 318 g/mol. The van der Waals surface area contributed by atoms with Gasteiger partial charge in [-0.05, 0) is 42.0 Å². The van der Waals surface area contributed by atoms with Crippen LogP contribution in [0.2, 0.25) is 0 Å². The van der Waals surface area contributed by atoms with Crippen LogP contribution in [0.15, 0.2) is 66.7 Å². The molecule has 0 saturated carbocycles. The van der Waals surface area contributed by atoms with Crippen molar-refractivity contribution in [3.63, 3.8) is 0 Å². The molecule has 0 unspecified atom stereocenters. The van der Waals surface area contributed by atoms with Crippen molar-refractivity contribution in [1.82, 2.24) is 9.97 Å². The monoisotopic (exact) mass is 330 g/mol. The van der Waals surface area contributed by atoms with Crippen LogP contribution < -0.4 is 0 Å². The van der Waals surface area contributed by atoms with Gasteiger partial charge < -0.3 is 4.98 Å². The summed E-state index contributed by atoms with van der Waals surface area (Å²) in [6, 6.07) is 18.9. The zero-order valence-corrected chi connectivity index (χ0v) is 13.1. The van der Waals surface area contributed by atoms with Gasteiger partial charge in [-0.2, -0.15) is 0 Å². The van der Waals surface area contributed by atoms with Gasteiger partial charge in [0.25, 0.3) is 0 Å². The maximum Gasteiger partial charge on any atom is 0.139 e. The summed E-state index contributed by atoms with van der Waals surface area (Å²) in [6.45, 7) is 0. The van der Waals surface area contributed by atoms with Gasteiger partial charge in [0.2, 0.25) is 0 Å². The van der Waals surface area contributed by atoms with Crippen LogP contribution in [0, 0.1) is 11.6 Å². The van der Waals surface area contributed by atoms with Crippen molar-refractivity contribution < 1.29 is 8.78 Å². The Morgan fingerprint density at radius 2 is 1.48 bits per heavy atom. The molecule has 5 aromatic rings. The number of benzene rings is 3. The summed E-state index contributed by atoms with van der Waals surface area (Å²) >= 11 is 0. The van der Waals surface area contributed by atoms with Gasteiger partial charge >= 0.3 is 0 Å². The van der Waals surface area contributed by atoms with Crippen LogP contribution in [0.3, 0.4) is 0 Å². The van der Waals surface area contributed by atoms with Crippen molar-refractivity contribution in [3.8, 4) is 11.1 Å². The molecule has 5 rings (SSSR count). The lowest BCUT2D eigenvalue weighted by Crippen LogP contribution is -1.89. The molecule has 3 aromatic carbocycles. The highest BCUT2D eigenvalue weighted by molar-refractivity contribution is 6.19. The molecule has 2 nitrogen and oxygen atoms in total. The summed E-state index contributed by atoms with van der Waals surface area (Å²) in [7, 11) is 0. The number of rotatable bonds is 1. The summed E-state index contributed by atoms with van der Waals surface area (Å²) < 4.78 is 27.8. The minimum Gasteiger partial charge on any atom is -0.339 e. The molecule has 4 heteroatoms.